The molecule has 1 aromatic carbocycles. The third-order valence-electron chi connectivity index (χ3n) is 6.05. The molecule has 2 atom stereocenters. The summed E-state index contributed by atoms with van der Waals surface area (Å²) in [7, 11) is 0. The highest BCUT2D eigenvalue weighted by molar-refractivity contribution is 7.13. The molecule has 1 fully saturated rings. The zero-order valence-corrected chi connectivity index (χ0v) is 19.8. The van der Waals surface area contributed by atoms with E-state index in [4.69, 9.17) is 4.52 Å². The Labute approximate surface area is 196 Å². The molecule has 3 heterocycles. The largest absolute Gasteiger partial charge is 0.383 e. The number of aryl methyl sites for hydroxylation is 1. The Balaban J connectivity index is 1.41. The Morgan fingerprint density at radius 2 is 2.06 bits per heavy atom. The maximum Gasteiger partial charge on any atom is 0.280 e. The van der Waals surface area contributed by atoms with Crippen molar-refractivity contribution in [1.82, 2.24) is 20.4 Å². The van der Waals surface area contributed by atoms with Crippen molar-refractivity contribution >= 4 is 23.2 Å². The quantitative estimate of drug-likeness (QED) is 0.552. The highest BCUT2D eigenvalue weighted by Gasteiger charge is 2.39. The Morgan fingerprint density at radius 3 is 2.67 bits per heavy atom. The van der Waals surface area contributed by atoms with E-state index in [-0.39, 0.29) is 23.3 Å². The van der Waals surface area contributed by atoms with Crippen LogP contribution in [0.1, 0.15) is 49.6 Å². The first kappa shape index (κ1) is 23.0. The van der Waals surface area contributed by atoms with Gasteiger partial charge in [0.05, 0.1) is 16.1 Å². The molecule has 3 aromatic rings. The number of carbonyl (C=O) groups is 2. The van der Waals surface area contributed by atoms with Crippen molar-refractivity contribution in [2.75, 3.05) is 6.54 Å². The third-order valence-corrected chi connectivity index (χ3v) is 7.03. The predicted molar refractivity (Wildman–Crippen MR) is 126 cm³/mol. The minimum absolute atomic E-state index is 0.0820. The molecule has 174 valence electrons. The second kappa shape index (κ2) is 9.74. The maximum atomic E-state index is 13.3. The summed E-state index contributed by atoms with van der Waals surface area (Å²) in [5, 5.41) is 5.24. The number of aromatic nitrogens is 2. The Morgan fingerprint density at radius 1 is 1.30 bits per heavy atom. The van der Waals surface area contributed by atoms with E-state index in [1.165, 1.54) is 6.07 Å². The van der Waals surface area contributed by atoms with E-state index in [1.54, 1.807) is 16.2 Å². The second-order valence-corrected chi connectivity index (χ2v) is 9.56. The van der Waals surface area contributed by atoms with Crippen molar-refractivity contribution < 1.29 is 14.1 Å². The lowest BCUT2D eigenvalue weighted by molar-refractivity contribution is -0.140. The van der Waals surface area contributed by atoms with Gasteiger partial charge in [0.2, 0.25) is 11.8 Å². The minimum Gasteiger partial charge on any atom is -0.383 e. The first-order chi connectivity index (χ1) is 15.8. The number of nitrogens with zero attached hydrogens (tertiary/aromatic N) is 2. The smallest absolute Gasteiger partial charge is 0.280 e. The topological polar surface area (TPSA) is 108 Å². The number of amides is 2. The molecule has 0 aliphatic carbocycles. The number of H-pyrrole nitrogens is 1. The second-order valence-electron chi connectivity index (χ2n) is 8.71. The van der Waals surface area contributed by atoms with Crippen molar-refractivity contribution in [3.8, 4) is 10.4 Å². The Bertz CT molecular complexity index is 1180. The number of carbonyl (C=O) groups excluding carboxylic acids is 2. The lowest BCUT2D eigenvalue weighted by Crippen LogP contribution is -2.47. The summed E-state index contributed by atoms with van der Waals surface area (Å²) in [4.78, 5) is 44.9. The lowest BCUT2D eigenvalue weighted by Gasteiger charge is -2.28. The molecule has 2 unspecified atom stereocenters. The van der Waals surface area contributed by atoms with Gasteiger partial charge in [-0.1, -0.05) is 38.1 Å². The predicted octanol–water partition coefficient (Wildman–Crippen LogP) is 3.45. The van der Waals surface area contributed by atoms with Crippen LogP contribution in [0.5, 0.6) is 0 Å². The Kier molecular flexibility index (Phi) is 6.78. The van der Waals surface area contributed by atoms with Crippen LogP contribution in [-0.2, 0) is 16.1 Å². The molecule has 0 bridgehead atoms. The van der Waals surface area contributed by atoms with E-state index < -0.39 is 12.0 Å². The number of benzene rings is 1. The summed E-state index contributed by atoms with van der Waals surface area (Å²) in [6.45, 7) is 6.69. The number of thiazole rings is 1. The van der Waals surface area contributed by atoms with Gasteiger partial charge < -0.3 is 14.7 Å². The Hall–Kier alpha value is -3.20. The molecular weight excluding hydrogens is 440 g/mol. The van der Waals surface area contributed by atoms with Crippen LogP contribution in [-0.4, -0.2) is 39.4 Å². The molecule has 0 radical (unpaired) electrons. The highest BCUT2D eigenvalue weighted by Crippen LogP contribution is 2.30. The van der Waals surface area contributed by atoms with E-state index >= 15 is 0 Å². The molecule has 0 saturated carbocycles. The molecule has 1 aliphatic heterocycles. The number of hydrogen-bond acceptors (Lipinski definition) is 6. The molecule has 1 saturated heterocycles. The molecule has 8 nitrogen and oxygen atoms in total. The van der Waals surface area contributed by atoms with E-state index in [1.807, 2.05) is 50.5 Å². The highest BCUT2D eigenvalue weighted by atomic mass is 32.1. The van der Waals surface area contributed by atoms with Gasteiger partial charge in [-0.2, -0.15) is 5.16 Å². The van der Waals surface area contributed by atoms with Crippen LogP contribution in [0, 0.1) is 12.8 Å². The number of nitrogens with one attached hydrogen (secondary N) is 2. The fourth-order valence-electron chi connectivity index (χ4n) is 4.33. The van der Waals surface area contributed by atoms with Crippen molar-refractivity contribution in [2.24, 2.45) is 5.92 Å². The average molecular weight is 469 g/mol. The summed E-state index contributed by atoms with van der Waals surface area (Å²) in [6, 6.07) is 8.84. The summed E-state index contributed by atoms with van der Waals surface area (Å²) in [5.41, 5.74) is 4.55. The van der Waals surface area contributed by atoms with E-state index in [9.17, 15) is 14.4 Å². The van der Waals surface area contributed by atoms with Gasteiger partial charge in [-0.3, -0.25) is 14.4 Å². The van der Waals surface area contributed by atoms with Crippen LogP contribution in [0.15, 0.2) is 45.2 Å². The van der Waals surface area contributed by atoms with Crippen LogP contribution in [0.4, 0.5) is 0 Å². The molecule has 9 heteroatoms. The van der Waals surface area contributed by atoms with Crippen LogP contribution in [0.3, 0.4) is 0 Å². The van der Waals surface area contributed by atoms with Crippen molar-refractivity contribution in [3.63, 3.8) is 0 Å². The normalized spacial score (nSPS) is 16.8. The van der Waals surface area contributed by atoms with Gasteiger partial charge in [0.25, 0.3) is 5.56 Å². The summed E-state index contributed by atoms with van der Waals surface area (Å²) < 4.78 is 5.22. The molecule has 0 spiro atoms. The van der Waals surface area contributed by atoms with Gasteiger partial charge in [0, 0.05) is 19.2 Å². The molecule has 4 rings (SSSR count). The van der Waals surface area contributed by atoms with Gasteiger partial charge >= 0.3 is 0 Å². The van der Waals surface area contributed by atoms with Crippen LogP contribution in [0.2, 0.25) is 0 Å². The number of aromatic amines is 1. The summed E-state index contributed by atoms with van der Waals surface area (Å²) in [5.74, 6) is -0.736. The first-order valence-corrected chi connectivity index (χ1v) is 12.0. The van der Waals surface area contributed by atoms with Gasteiger partial charge in [-0.25, -0.2) is 4.98 Å². The minimum atomic E-state index is -0.611. The number of hydrogen-bond donors (Lipinski definition) is 2. The van der Waals surface area contributed by atoms with Gasteiger partial charge in [0.1, 0.15) is 12.0 Å². The van der Waals surface area contributed by atoms with E-state index in [2.05, 4.69) is 15.5 Å². The standard InChI is InChI=1S/C24H28N4O4S/c1-14(2)21(19-11-20(29)27-32-19)24(31)28-10-4-5-18(28)23(30)25-12-16-6-8-17(9-7-16)22-15(3)26-13-33-22/h6-9,11,13-14,18,21H,4-5,10,12H2,1-3H3,(H,25,30)(H,27,29). The van der Waals surface area contributed by atoms with Crippen molar-refractivity contribution in [2.45, 2.75) is 52.1 Å². The maximum absolute atomic E-state index is 13.3. The van der Waals surface area contributed by atoms with Gasteiger partial charge in [-0.15, -0.1) is 11.3 Å². The first-order valence-electron chi connectivity index (χ1n) is 11.1. The fourth-order valence-corrected chi connectivity index (χ4v) is 5.14. The van der Waals surface area contributed by atoms with Gasteiger partial charge in [0.15, 0.2) is 5.76 Å². The van der Waals surface area contributed by atoms with E-state index in [0.29, 0.717) is 25.3 Å². The zero-order chi connectivity index (χ0) is 23.5. The van der Waals surface area contributed by atoms with Gasteiger partial charge in [-0.05, 0) is 36.8 Å². The molecular formula is C24H28N4O4S. The van der Waals surface area contributed by atoms with Crippen LogP contribution in [0.25, 0.3) is 10.4 Å². The number of rotatable bonds is 7. The molecule has 2 amide bonds. The molecule has 2 aromatic heterocycles. The van der Waals surface area contributed by atoms with E-state index in [0.717, 1.165) is 28.1 Å². The average Bonchev–Trinajstić information content (AvgIpc) is 3.53. The third kappa shape index (κ3) is 4.93. The molecule has 1 aliphatic rings. The van der Waals surface area contributed by atoms with Crippen LogP contribution >= 0.6 is 11.3 Å². The zero-order valence-electron chi connectivity index (χ0n) is 19.0. The van der Waals surface area contributed by atoms with Crippen molar-refractivity contribution in [3.05, 3.63) is 63.2 Å². The van der Waals surface area contributed by atoms with Crippen molar-refractivity contribution in [1.29, 1.82) is 0 Å². The molecule has 2 N–H and O–H groups in total. The summed E-state index contributed by atoms with van der Waals surface area (Å²) >= 11 is 1.61. The fraction of sp³-hybridized carbons (Fsp3) is 0.417. The lowest BCUT2D eigenvalue weighted by atomic mass is 9.91. The summed E-state index contributed by atoms with van der Waals surface area (Å²) in [6.07, 6.45) is 1.37. The monoisotopic (exact) mass is 468 g/mol. The SMILES string of the molecule is Cc1ncsc1-c1ccc(CNC(=O)C2CCCN2C(=O)C(c2cc(=O)[nH]o2)C(C)C)cc1. The van der Waals surface area contributed by atoms with Crippen LogP contribution < -0.4 is 10.9 Å². The molecule has 33 heavy (non-hydrogen) atoms. The number of likely N-dealkylation sites (tertiary alicyclic amines) is 1.